The van der Waals surface area contributed by atoms with Crippen molar-refractivity contribution in [3.05, 3.63) is 0 Å². The van der Waals surface area contributed by atoms with Gasteiger partial charge in [-0.2, -0.15) is 0 Å². The largest absolute Gasteiger partial charge is 0.446 e. The highest BCUT2D eigenvalue weighted by molar-refractivity contribution is 5.99. The zero-order valence-electron chi connectivity index (χ0n) is 17.0. The molecule has 0 aromatic rings. The van der Waals surface area contributed by atoms with Gasteiger partial charge < -0.3 is 24.9 Å². The first-order valence-corrected chi connectivity index (χ1v) is 9.11. The second-order valence-corrected chi connectivity index (χ2v) is 6.66. The summed E-state index contributed by atoms with van der Waals surface area (Å²) in [5.74, 6) is -2.17. The second-order valence-electron chi connectivity index (χ2n) is 6.66. The van der Waals surface area contributed by atoms with Crippen LogP contribution in [0, 0.1) is 0 Å². The number of nitrogens with two attached hydrogens (primary N) is 1. The molecule has 0 aromatic heterocycles. The SMILES string of the molecule is CC(CN1CC(=O)N(COC(=O)CN)C(=O)C1)N(CC=O)CC(=O)N(C)COC=O. The molecule has 1 aliphatic rings. The highest BCUT2D eigenvalue weighted by atomic mass is 16.5. The van der Waals surface area contributed by atoms with Crippen molar-refractivity contribution in [1.29, 1.82) is 0 Å². The van der Waals surface area contributed by atoms with Crippen LogP contribution in [0.4, 0.5) is 0 Å². The Hall–Kier alpha value is -2.90. The lowest BCUT2D eigenvalue weighted by Crippen LogP contribution is -2.57. The van der Waals surface area contributed by atoms with Crippen LogP contribution >= 0.6 is 0 Å². The fourth-order valence-electron chi connectivity index (χ4n) is 2.71. The van der Waals surface area contributed by atoms with Crippen molar-refractivity contribution in [1.82, 2.24) is 19.6 Å². The Morgan fingerprint density at radius 2 is 1.87 bits per heavy atom. The minimum atomic E-state index is -0.732. The lowest BCUT2D eigenvalue weighted by Gasteiger charge is -2.36. The van der Waals surface area contributed by atoms with E-state index in [1.54, 1.807) is 16.7 Å². The summed E-state index contributed by atoms with van der Waals surface area (Å²) in [4.78, 5) is 74.2. The molecule has 1 atom stereocenters. The molecule has 1 rings (SSSR count). The zero-order chi connectivity index (χ0) is 22.7. The fourth-order valence-corrected chi connectivity index (χ4v) is 2.71. The molecule has 0 aliphatic carbocycles. The first-order valence-electron chi connectivity index (χ1n) is 9.11. The maximum Gasteiger partial charge on any atom is 0.321 e. The number of amides is 3. The standard InChI is InChI=1S/C17H27N5O8/c1-13(21(3-4-23)9-14(25)19(2)10-29-12-24)6-20-7-15(26)22(16(27)8-20)11-30-17(28)5-18/h4,12-13H,3,5-11,18H2,1-2H3. The van der Waals surface area contributed by atoms with E-state index in [1.165, 1.54) is 11.9 Å². The number of imide groups is 1. The van der Waals surface area contributed by atoms with E-state index >= 15 is 0 Å². The number of nitrogens with zero attached hydrogens (tertiary/aromatic N) is 4. The van der Waals surface area contributed by atoms with Crippen LogP contribution in [0.15, 0.2) is 0 Å². The highest BCUT2D eigenvalue weighted by Gasteiger charge is 2.33. The Bertz CT molecular complexity index is 640. The van der Waals surface area contributed by atoms with Crippen LogP contribution in [0.25, 0.3) is 0 Å². The Morgan fingerprint density at radius 1 is 1.23 bits per heavy atom. The van der Waals surface area contributed by atoms with Crippen molar-refractivity contribution in [3.63, 3.8) is 0 Å². The van der Waals surface area contributed by atoms with E-state index in [9.17, 15) is 28.8 Å². The molecule has 3 amide bonds. The molecule has 0 bridgehead atoms. The molecule has 1 saturated heterocycles. The van der Waals surface area contributed by atoms with Gasteiger partial charge in [0.1, 0.15) is 6.29 Å². The van der Waals surface area contributed by atoms with E-state index in [1.807, 2.05) is 0 Å². The van der Waals surface area contributed by atoms with Gasteiger partial charge in [0.25, 0.3) is 6.47 Å². The number of piperazine rings is 1. The number of esters is 1. The smallest absolute Gasteiger partial charge is 0.321 e. The zero-order valence-corrected chi connectivity index (χ0v) is 17.0. The van der Waals surface area contributed by atoms with Gasteiger partial charge in [-0.05, 0) is 6.92 Å². The number of aldehydes is 1. The third-order valence-corrected chi connectivity index (χ3v) is 4.40. The van der Waals surface area contributed by atoms with Crippen LogP contribution < -0.4 is 5.73 Å². The van der Waals surface area contributed by atoms with E-state index in [0.29, 0.717) is 6.29 Å². The molecule has 1 fully saturated rings. The van der Waals surface area contributed by atoms with Crippen LogP contribution in [0.2, 0.25) is 0 Å². The molecule has 13 heteroatoms. The maximum atomic E-state index is 12.2. The van der Waals surface area contributed by atoms with Gasteiger partial charge in [0.05, 0.1) is 32.7 Å². The molecule has 0 spiro atoms. The Balaban J connectivity index is 2.64. The van der Waals surface area contributed by atoms with E-state index in [4.69, 9.17) is 10.5 Å². The number of likely N-dealkylation sites (N-methyl/N-ethyl adjacent to an activating group) is 1. The van der Waals surface area contributed by atoms with Gasteiger partial charge in [0, 0.05) is 19.6 Å². The fraction of sp³-hybridized carbons (Fsp3) is 0.647. The normalized spacial score (nSPS) is 15.7. The van der Waals surface area contributed by atoms with Crippen LogP contribution in [0.1, 0.15) is 6.92 Å². The van der Waals surface area contributed by atoms with Crippen molar-refractivity contribution in [3.8, 4) is 0 Å². The number of ether oxygens (including phenoxy) is 2. The summed E-state index contributed by atoms with van der Waals surface area (Å²) in [6, 6.07) is -0.346. The molecule has 1 aliphatic heterocycles. The van der Waals surface area contributed by atoms with Crippen LogP contribution in [-0.4, -0.2) is 122 Å². The number of hydrogen-bond acceptors (Lipinski definition) is 11. The molecule has 1 heterocycles. The second kappa shape index (κ2) is 12.6. The van der Waals surface area contributed by atoms with Crippen molar-refractivity contribution in [2.45, 2.75) is 13.0 Å². The minimum absolute atomic E-state index is 0.0355. The lowest BCUT2D eigenvalue weighted by molar-refractivity contribution is -0.163. The summed E-state index contributed by atoms with van der Waals surface area (Å²) in [7, 11) is 1.45. The van der Waals surface area contributed by atoms with Crippen molar-refractivity contribution in [2.24, 2.45) is 5.73 Å². The first-order chi connectivity index (χ1) is 14.2. The number of hydrogen-bond donors (Lipinski definition) is 1. The molecule has 13 nitrogen and oxygen atoms in total. The highest BCUT2D eigenvalue weighted by Crippen LogP contribution is 2.09. The molecule has 2 N–H and O–H groups in total. The van der Waals surface area contributed by atoms with Gasteiger partial charge in [0.15, 0.2) is 13.5 Å². The third kappa shape index (κ3) is 7.85. The van der Waals surface area contributed by atoms with Gasteiger partial charge in [0.2, 0.25) is 17.7 Å². The monoisotopic (exact) mass is 429 g/mol. The lowest BCUT2D eigenvalue weighted by atomic mass is 10.2. The quantitative estimate of drug-likeness (QED) is 0.134. The van der Waals surface area contributed by atoms with E-state index in [2.05, 4.69) is 4.74 Å². The summed E-state index contributed by atoms with van der Waals surface area (Å²) in [6.45, 7) is 0.817. The van der Waals surface area contributed by atoms with Crippen LogP contribution in [-0.2, 0) is 38.2 Å². The Kier molecular flexibility index (Phi) is 10.6. The molecule has 1 unspecified atom stereocenters. The van der Waals surface area contributed by atoms with Crippen LogP contribution in [0.5, 0.6) is 0 Å². The van der Waals surface area contributed by atoms with Crippen LogP contribution in [0.3, 0.4) is 0 Å². The van der Waals surface area contributed by atoms with Crippen molar-refractivity contribution in [2.75, 3.05) is 59.8 Å². The van der Waals surface area contributed by atoms with E-state index in [-0.39, 0.29) is 64.4 Å². The van der Waals surface area contributed by atoms with Crippen molar-refractivity contribution < 1.29 is 38.2 Å². The molecular weight excluding hydrogens is 402 g/mol. The van der Waals surface area contributed by atoms with E-state index in [0.717, 1.165) is 4.90 Å². The molecule has 0 radical (unpaired) electrons. The third-order valence-electron chi connectivity index (χ3n) is 4.40. The molecular formula is C17H27N5O8. The maximum absolute atomic E-state index is 12.2. The van der Waals surface area contributed by atoms with Gasteiger partial charge in [-0.3, -0.25) is 33.8 Å². The Morgan fingerprint density at radius 3 is 2.40 bits per heavy atom. The molecule has 0 aromatic carbocycles. The molecule has 168 valence electrons. The summed E-state index contributed by atoms with van der Waals surface area (Å²) in [6.07, 6.45) is 0.645. The predicted octanol–water partition coefficient (Wildman–Crippen LogP) is -3.41. The van der Waals surface area contributed by atoms with E-state index < -0.39 is 24.5 Å². The molecule has 0 saturated carbocycles. The minimum Gasteiger partial charge on any atom is -0.446 e. The van der Waals surface area contributed by atoms with Gasteiger partial charge in [-0.1, -0.05) is 0 Å². The topological polar surface area (TPSA) is 160 Å². The predicted molar refractivity (Wildman–Crippen MR) is 100 cm³/mol. The number of carbonyl (C=O) groups excluding carboxylic acids is 6. The number of carbonyl (C=O) groups is 6. The number of rotatable bonds is 13. The summed E-state index contributed by atoms with van der Waals surface area (Å²) in [5, 5.41) is 0. The van der Waals surface area contributed by atoms with Crippen molar-refractivity contribution >= 4 is 36.4 Å². The molecule has 30 heavy (non-hydrogen) atoms. The Labute approximate surface area is 173 Å². The first kappa shape index (κ1) is 25.1. The van der Waals surface area contributed by atoms with Gasteiger partial charge in [-0.15, -0.1) is 0 Å². The average molecular weight is 429 g/mol. The summed E-state index contributed by atoms with van der Waals surface area (Å²) >= 11 is 0. The summed E-state index contributed by atoms with van der Waals surface area (Å²) < 4.78 is 9.26. The van der Waals surface area contributed by atoms with Gasteiger partial charge in [-0.25, -0.2) is 4.90 Å². The summed E-state index contributed by atoms with van der Waals surface area (Å²) in [5.41, 5.74) is 5.11. The average Bonchev–Trinajstić information content (AvgIpc) is 2.70. The van der Waals surface area contributed by atoms with Gasteiger partial charge >= 0.3 is 5.97 Å².